The summed E-state index contributed by atoms with van der Waals surface area (Å²) in [6.07, 6.45) is 0.717. The predicted octanol–water partition coefficient (Wildman–Crippen LogP) is 4.52. The number of aromatic amines is 1. The van der Waals surface area contributed by atoms with Gasteiger partial charge in [-0.05, 0) is 69.3 Å². The Labute approximate surface area is 177 Å². The molecule has 0 aliphatic rings. The van der Waals surface area contributed by atoms with Gasteiger partial charge in [0.25, 0.3) is 11.5 Å². The fourth-order valence-electron chi connectivity index (χ4n) is 3.69. The van der Waals surface area contributed by atoms with Crippen LogP contribution < -0.4 is 5.56 Å². The number of hydrogen-bond acceptors (Lipinski definition) is 3. The molecule has 0 fully saturated rings. The van der Waals surface area contributed by atoms with E-state index in [0.29, 0.717) is 30.9 Å². The molecule has 0 bridgehead atoms. The first-order valence-electron chi connectivity index (χ1n) is 10.5. The molecule has 2 aromatic carbocycles. The van der Waals surface area contributed by atoms with Crippen molar-refractivity contribution in [3.05, 3.63) is 80.6 Å². The van der Waals surface area contributed by atoms with Crippen molar-refractivity contribution in [2.45, 2.75) is 40.7 Å². The van der Waals surface area contributed by atoms with Gasteiger partial charge in [0.15, 0.2) is 0 Å². The molecule has 1 N–H and O–H groups in total. The zero-order chi connectivity index (χ0) is 21.7. The number of H-pyrrole nitrogens is 1. The Bertz CT molecular complexity index is 1080. The van der Waals surface area contributed by atoms with E-state index in [-0.39, 0.29) is 18.0 Å². The van der Waals surface area contributed by atoms with Crippen molar-refractivity contribution in [1.82, 2.24) is 9.88 Å². The quantitative estimate of drug-likeness (QED) is 0.560. The van der Waals surface area contributed by atoms with E-state index in [1.807, 2.05) is 58.0 Å². The monoisotopic (exact) mass is 406 g/mol. The van der Waals surface area contributed by atoms with E-state index in [0.717, 1.165) is 34.0 Å². The molecule has 0 atom stereocenters. The largest absolute Gasteiger partial charge is 0.382 e. The van der Waals surface area contributed by atoms with Crippen molar-refractivity contribution < 1.29 is 9.53 Å². The molecule has 0 saturated heterocycles. The summed E-state index contributed by atoms with van der Waals surface area (Å²) in [5.74, 6) is -0.0774. The second-order valence-electron chi connectivity index (χ2n) is 7.81. The van der Waals surface area contributed by atoms with Crippen molar-refractivity contribution in [3.8, 4) is 0 Å². The highest BCUT2D eigenvalue weighted by molar-refractivity contribution is 5.94. The van der Waals surface area contributed by atoms with E-state index >= 15 is 0 Å². The first kappa shape index (κ1) is 21.8. The average Bonchev–Trinajstić information content (AvgIpc) is 2.71. The number of amides is 1. The molecule has 158 valence electrons. The Kier molecular flexibility index (Phi) is 7.06. The summed E-state index contributed by atoms with van der Waals surface area (Å²) in [7, 11) is 0. The molecule has 3 aromatic rings. The fraction of sp³-hybridized carbons (Fsp3) is 0.360. The zero-order valence-electron chi connectivity index (χ0n) is 18.2. The van der Waals surface area contributed by atoms with E-state index in [9.17, 15) is 9.59 Å². The van der Waals surface area contributed by atoms with E-state index < -0.39 is 0 Å². The molecule has 0 aliphatic carbocycles. The molecule has 0 saturated carbocycles. The van der Waals surface area contributed by atoms with Gasteiger partial charge in [-0.15, -0.1) is 0 Å². The highest BCUT2D eigenvalue weighted by atomic mass is 16.5. The van der Waals surface area contributed by atoms with Crippen LogP contribution in [0.4, 0.5) is 0 Å². The summed E-state index contributed by atoms with van der Waals surface area (Å²) in [6, 6.07) is 13.6. The topological polar surface area (TPSA) is 62.4 Å². The fourth-order valence-corrected chi connectivity index (χ4v) is 3.69. The van der Waals surface area contributed by atoms with Crippen LogP contribution >= 0.6 is 0 Å². The number of nitrogens with one attached hydrogen (secondary N) is 1. The molecule has 5 heteroatoms. The van der Waals surface area contributed by atoms with Gasteiger partial charge in [0.1, 0.15) is 0 Å². The minimum Gasteiger partial charge on any atom is -0.382 e. The number of pyridine rings is 1. The van der Waals surface area contributed by atoms with Crippen LogP contribution in [-0.2, 0) is 11.3 Å². The van der Waals surface area contributed by atoms with Crippen molar-refractivity contribution >= 4 is 16.8 Å². The van der Waals surface area contributed by atoms with Gasteiger partial charge < -0.3 is 14.6 Å². The minimum atomic E-state index is -0.152. The van der Waals surface area contributed by atoms with Crippen LogP contribution in [0.15, 0.2) is 47.3 Å². The summed E-state index contributed by atoms with van der Waals surface area (Å²) in [4.78, 5) is 30.7. The van der Waals surface area contributed by atoms with Crippen LogP contribution in [0.25, 0.3) is 10.9 Å². The number of benzene rings is 2. The van der Waals surface area contributed by atoms with Gasteiger partial charge in [-0.2, -0.15) is 0 Å². The smallest absolute Gasteiger partial charge is 0.254 e. The predicted molar refractivity (Wildman–Crippen MR) is 121 cm³/mol. The zero-order valence-corrected chi connectivity index (χ0v) is 18.2. The maximum atomic E-state index is 13.2. The molecule has 0 unspecified atom stereocenters. The van der Waals surface area contributed by atoms with Gasteiger partial charge in [0, 0.05) is 30.9 Å². The van der Waals surface area contributed by atoms with Gasteiger partial charge >= 0.3 is 0 Å². The highest BCUT2D eigenvalue weighted by Crippen LogP contribution is 2.19. The number of ether oxygens (including phenoxy) is 1. The normalized spacial score (nSPS) is 11.1. The minimum absolute atomic E-state index is 0.0774. The summed E-state index contributed by atoms with van der Waals surface area (Å²) in [5.41, 5.74) is 5.19. The highest BCUT2D eigenvalue weighted by Gasteiger charge is 2.18. The number of carbonyl (C=O) groups is 1. The van der Waals surface area contributed by atoms with Gasteiger partial charge in [-0.1, -0.05) is 29.3 Å². The molecule has 0 spiro atoms. The Morgan fingerprint density at radius 2 is 1.77 bits per heavy atom. The lowest BCUT2D eigenvalue weighted by atomic mass is 10.0. The molecule has 1 amide bonds. The number of hydrogen-bond donors (Lipinski definition) is 1. The van der Waals surface area contributed by atoms with E-state index in [4.69, 9.17) is 4.74 Å². The van der Waals surface area contributed by atoms with E-state index in [1.165, 1.54) is 0 Å². The number of fused-ring (bicyclic) bond motifs is 1. The lowest BCUT2D eigenvalue weighted by Gasteiger charge is -2.23. The van der Waals surface area contributed by atoms with Crippen LogP contribution in [0.1, 0.15) is 46.0 Å². The molecule has 0 radical (unpaired) electrons. The SMILES string of the molecule is CCOCCCN(Cc1cc2cc(C)cc(C)c2[nH]c1=O)C(=O)c1ccc(C)cc1. The van der Waals surface area contributed by atoms with E-state index in [1.54, 1.807) is 4.90 Å². The van der Waals surface area contributed by atoms with Crippen molar-refractivity contribution in [2.75, 3.05) is 19.8 Å². The summed E-state index contributed by atoms with van der Waals surface area (Å²) in [5, 5.41) is 0.985. The van der Waals surface area contributed by atoms with Crippen LogP contribution in [0.3, 0.4) is 0 Å². The third-order valence-corrected chi connectivity index (χ3v) is 5.24. The second-order valence-corrected chi connectivity index (χ2v) is 7.81. The van der Waals surface area contributed by atoms with Crippen LogP contribution in [-0.4, -0.2) is 35.5 Å². The number of carbonyl (C=O) groups excluding carboxylic acids is 1. The second kappa shape index (κ2) is 9.72. The molecular weight excluding hydrogens is 376 g/mol. The Morgan fingerprint density at radius 3 is 2.47 bits per heavy atom. The molecule has 5 nitrogen and oxygen atoms in total. The van der Waals surface area contributed by atoms with Gasteiger partial charge in [0.2, 0.25) is 0 Å². The van der Waals surface area contributed by atoms with E-state index in [2.05, 4.69) is 17.1 Å². The van der Waals surface area contributed by atoms with Crippen LogP contribution in [0, 0.1) is 20.8 Å². The number of rotatable bonds is 8. The molecule has 0 aliphatic heterocycles. The van der Waals surface area contributed by atoms with Crippen LogP contribution in [0.5, 0.6) is 0 Å². The number of aromatic nitrogens is 1. The molecule has 30 heavy (non-hydrogen) atoms. The third-order valence-electron chi connectivity index (χ3n) is 5.24. The summed E-state index contributed by atoms with van der Waals surface area (Å²) < 4.78 is 5.44. The third kappa shape index (κ3) is 5.16. The van der Waals surface area contributed by atoms with Gasteiger partial charge in [-0.3, -0.25) is 9.59 Å². The Morgan fingerprint density at radius 1 is 1.03 bits per heavy atom. The van der Waals surface area contributed by atoms with Crippen molar-refractivity contribution in [2.24, 2.45) is 0 Å². The van der Waals surface area contributed by atoms with Crippen LogP contribution in [0.2, 0.25) is 0 Å². The molecule has 1 heterocycles. The standard InChI is InChI=1S/C25H30N2O3/c1-5-30-12-6-11-27(25(29)20-9-7-17(2)8-10-20)16-22-15-21-14-18(3)13-19(4)23(21)26-24(22)28/h7-10,13-15H,5-6,11-12,16H2,1-4H3,(H,26,28). The average molecular weight is 407 g/mol. The number of aryl methyl sites for hydroxylation is 3. The maximum Gasteiger partial charge on any atom is 0.254 e. The first-order chi connectivity index (χ1) is 14.4. The Balaban J connectivity index is 1.91. The van der Waals surface area contributed by atoms with Gasteiger partial charge in [0.05, 0.1) is 12.1 Å². The first-order valence-corrected chi connectivity index (χ1v) is 10.5. The molecule has 3 rings (SSSR count). The lowest BCUT2D eigenvalue weighted by Crippen LogP contribution is -2.34. The summed E-state index contributed by atoms with van der Waals surface area (Å²) in [6.45, 7) is 9.99. The molecular formula is C25H30N2O3. The maximum absolute atomic E-state index is 13.2. The lowest BCUT2D eigenvalue weighted by molar-refractivity contribution is 0.0711. The number of nitrogens with zero attached hydrogens (tertiary/aromatic N) is 1. The Hall–Kier alpha value is -2.92. The van der Waals surface area contributed by atoms with Crippen molar-refractivity contribution in [1.29, 1.82) is 0 Å². The van der Waals surface area contributed by atoms with Gasteiger partial charge in [-0.25, -0.2) is 0 Å². The van der Waals surface area contributed by atoms with Crippen molar-refractivity contribution in [3.63, 3.8) is 0 Å². The summed E-state index contributed by atoms with van der Waals surface area (Å²) >= 11 is 0. The molecule has 1 aromatic heterocycles.